The van der Waals surface area contributed by atoms with Gasteiger partial charge in [-0.3, -0.25) is 4.79 Å². The Kier molecular flexibility index (Phi) is 4.46. The van der Waals surface area contributed by atoms with E-state index in [1.165, 1.54) is 6.07 Å². The van der Waals surface area contributed by atoms with E-state index in [2.05, 4.69) is 6.92 Å². The molecule has 1 N–H and O–H groups in total. The Morgan fingerprint density at radius 2 is 2.21 bits per heavy atom. The molecule has 19 heavy (non-hydrogen) atoms. The summed E-state index contributed by atoms with van der Waals surface area (Å²) in [6, 6.07) is 4.60. The molecule has 0 aromatic heterocycles. The smallest absolute Gasteiger partial charge is 0.306 e. The van der Waals surface area contributed by atoms with Crippen LogP contribution in [0.15, 0.2) is 18.2 Å². The topological polar surface area (TPSA) is 37.3 Å². The second-order valence-corrected chi connectivity index (χ2v) is 5.93. The van der Waals surface area contributed by atoms with Crippen molar-refractivity contribution >= 4 is 17.6 Å². The lowest BCUT2D eigenvalue weighted by Crippen LogP contribution is -2.31. The van der Waals surface area contributed by atoms with E-state index in [0.717, 1.165) is 12.8 Å². The van der Waals surface area contributed by atoms with Crippen LogP contribution in [-0.2, 0) is 11.2 Å². The van der Waals surface area contributed by atoms with Crippen molar-refractivity contribution < 1.29 is 14.3 Å². The highest BCUT2D eigenvalue weighted by molar-refractivity contribution is 6.31. The SMILES string of the molecule is CC1CCC(C(=O)O)C(Cc2c(F)cccc2Cl)C1. The fraction of sp³-hybridized carbons (Fsp3) is 0.533. The minimum Gasteiger partial charge on any atom is -0.481 e. The highest BCUT2D eigenvalue weighted by Crippen LogP contribution is 2.37. The van der Waals surface area contributed by atoms with E-state index in [4.69, 9.17) is 11.6 Å². The van der Waals surface area contributed by atoms with Gasteiger partial charge in [0.15, 0.2) is 0 Å². The molecule has 4 heteroatoms. The molecule has 0 bridgehead atoms. The van der Waals surface area contributed by atoms with Gasteiger partial charge in [-0.1, -0.05) is 24.6 Å². The molecule has 3 unspecified atom stereocenters. The summed E-state index contributed by atoms with van der Waals surface area (Å²) in [7, 11) is 0. The van der Waals surface area contributed by atoms with Crippen LogP contribution in [-0.4, -0.2) is 11.1 Å². The zero-order valence-electron chi connectivity index (χ0n) is 10.9. The summed E-state index contributed by atoms with van der Waals surface area (Å²) in [6.45, 7) is 2.12. The molecule has 1 aliphatic carbocycles. The average Bonchev–Trinajstić information content (AvgIpc) is 2.33. The van der Waals surface area contributed by atoms with Crippen molar-refractivity contribution in [2.75, 3.05) is 0 Å². The molecular weight excluding hydrogens is 267 g/mol. The molecule has 1 aliphatic rings. The second kappa shape index (κ2) is 5.91. The van der Waals surface area contributed by atoms with Crippen molar-refractivity contribution in [3.63, 3.8) is 0 Å². The van der Waals surface area contributed by atoms with Crippen LogP contribution in [0.1, 0.15) is 31.7 Å². The first-order valence-electron chi connectivity index (χ1n) is 6.64. The van der Waals surface area contributed by atoms with Crippen LogP contribution in [0.4, 0.5) is 4.39 Å². The van der Waals surface area contributed by atoms with Gasteiger partial charge in [0.25, 0.3) is 0 Å². The third kappa shape index (κ3) is 3.27. The third-order valence-electron chi connectivity index (χ3n) is 4.09. The number of hydrogen-bond donors (Lipinski definition) is 1. The van der Waals surface area contributed by atoms with Gasteiger partial charge in [-0.05, 0) is 49.7 Å². The fourth-order valence-electron chi connectivity index (χ4n) is 3.04. The first-order chi connectivity index (χ1) is 8.99. The lowest BCUT2D eigenvalue weighted by molar-refractivity contribution is -0.145. The molecule has 1 fully saturated rings. The second-order valence-electron chi connectivity index (χ2n) is 5.53. The number of carboxylic acid groups (broad SMARTS) is 1. The first-order valence-corrected chi connectivity index (χ1v) is 7.02. The minimum atomic E-state index is -0.774. The van der Waals surface area contributed by atoms with Crippen LogP contribution in [0, 0.1) is 23.6 Å². The standard InChI is InChI=1S/C15H18ClFO2/c1-9-5-6-11(15(18)19)10(7-9)8-12-13(16)3-2-4-14(12)17/h2-4,9-11H,5-8H2,1H3,(H,18,19). The molecule has 104 valence electrons. The minimum absolute atomic E-state index is 0.0318. The number of carboxylic acids is 1. The average molecular weight is 285 g/mol. The number of rotatable bonds is 3. The summed E-state index contributed by atoms with van der Waals surface area (Å²) in [5.74, 6) is -1.03. The molecule has 1 aromatic carbocycles. The van der Waals surface area contributed by atoms with E-state index in [1.54, 1.807) is 12.1 Å². The van der Waals surface area contributed by atoms with Gasteiger partial charge in [0.1, 0.15) is 5.82 Å². The van der Waals surface area contributed by atoms with Gasteiger partial charge in [-0.2, -0.15) is 0 Å². The van der Waals surface area contributed by atoms with Crippen LogP contribution < -0.4 is 0 Å². The Morgan fingerprint density at radius 1 is 1.47 bits per heavy atom. The molecule has 1 saturated carbocycles. The van der Waals surface area contributed by atoms with Crippen LogP contribution in [0.25, 0.3) is 0 Å². The Morgan fingerprint density at radius 3 is 2.84 bits per heavy atom. The largest absolute Gasteiger partial charge is 0.481 e. The van der Waals surface area contributed by atoms with Gasteiger partial charge in [-0.15, -0.1) is 0 Å². The third-order valence-corrected chi connectivity index (χ3v) is 4.44. The quantitative estimate of drug-likeness (QED) is 0.905. The maximum Gasteiger partial charge on any atom is 0.306 e. The predicted octanol–water partition coefficient (Wildman–Crippen LogP) is 4.16. The van der Waals surface area contributed by atoms with E-state index in [-0.39, 0.29) is 17.7 Å². The van der Waals surface area contributed by atoms with Gasteiger partial charge in [0.05, 0.1) is 5.92 Å². The van der Waals surface area contributed by atoms with Gasteiger partial charge >= 0.3 is 5.97 Å². The Labute approximate surface area is 117 Å². The van der Waals surface area contributed by atoms with E-state index in [0.29, 0.717) is 29.3 Å². The summed E-state index contributed by atoms with van der Waals surface area (Å²) in [6.07, 6.45) is 2.83. The molecule has 0 spiro atoms. The first kappa shape index (κ1) is 14.3. The highest BCUT2D eigenvalue weighted by atomic mass is 35.5. The van der Waals surface area contributed by atoms with E-state index in [1.807, 2.05) is 0 Å². The van der Waals surface area contributed by atoms with Crippen molar-refractivity contribution in [2.24, 2.45) is 17.8 Å². The van der Waals surface area contributed by atoms with E-state index in [9.17, 15) is 14.3 Å². The monoisotopic (exact) mass is 284 g/mol. The molecule has 0 heterocycles. The Bertz CT molecular complexity index is 455. The Hall–Kier alpha value is -1.09. The van der Waals surface area contributed by atoms with Gasteiger partial charge in [-0.25, -0.2) is 4.39 Å². The lowest BCUT2D eigenvalue weighted by Gasteiger charge is -2.32. The van der Waals surface area contributed by atoms with Crippen LogP contribution >= 0.6 is 11.6 Å². The summed E-state index contributed by atoms with van der Waals surface area (Å²) < 4.78 is 13.8. The molecule has 0 radical (unpaired) electrons. The maximum absolute atomic E-state index is 13.8. The predicted molar refractivity (Wildman–Crippen MR) is 72.7 cm³/mol. The number of halogens is 2. The number of carbonyl (C=O) groups is 1. The van der Waals surface area contributed by atoms with E-state index < -0.39 is 5.97 Å². The molecule has 0 aliphatic heterocycles. The Balaban J connectivity index is 2.21. The van der Waals surface area contributed by atoms with Gasteiger partial charge in [0, 0.05) is 10.6 Å². The van der Waals surface area contributed by atoms with Crippen molar-refractivity contribution in [3.05, 3.63) is 34.6 Å². The zero-order valence-corrected chi connectivity index (χ0v) is 11.7. The molecule has 1 aromatic rings. The number of hydrogen-bond acceptors (Lipinski definition) is 1. The summed E-state index contributed by atoms with van der Waals surface area (Å²) in [5.41, 5.74) is 0.453. The van der Waals surface area contributed by atoms with Crippen LogP contribution in [0.2, 0.25) is 5.02 Å². The summed E-state index contributed by atoms with van der Waals surface area (Å²) in [5, 5.41) is 9.68. The van der Waals surface area contributed by atoms with E-state index >= 15 is 0 Å². The highest BCUT2D eigenvalue weighted by Gasteiger charge is 2.34. The molecule has 0 amide bonds. The molecule has 2 nitrogen and oxygen atoms in total. The van der Waals surface area contributed by atoms with Crippen molar-refractivity contribution in [1.29, 1.82) is 0 Å². The van der Waals surface area contributed by atoms with Crippen molar-refractivity contribution in [3.8, 4) is 0 Å². The maximum atomic E-state index is 13.8. The van der Waals surface area contributed by atoms with Crippen molar-refractivity contribution in [2.45, 2.75) is 32.6 Å². The summed E-state index contributed by atoms with van der Waals surface area (Å²) in [4.78, 5) is 11.3. The summed E-state index contributed by atoms with van der Waals surface area (Å²) >= 11 is 6.02. The van der Waals surface area contributed by atoms with Crippen LogP contribution in [0.3, 0.4) is 0 Å². The number of aliphatic carboxylic acids is 1. The van der Waals surface area contributed by atoms with Gasteiger partial charge in [0.2, 0.25) is 0 Å². The lowest BCUT2D eigenvalue weighted by atomic mass is 9.72. The molecule has 3 atom stereocenters. The zero-order chi connectivity index (χ0) is 14.0. The molecule has 0 saturated heterocycles. The number of benzene rings is 1. The molecule has 2 rings (SSSR count). The van der Waals surface area contributed by atoms with Crippen LogP contribution in [0.5, 0.6) is 0 Å². The fourth-order valence-corrected chi connectivity index (χ4v) is 3.28. The van der Waals surface area contributed by atoms with Crippen molar-refractivity contribution in [1.82, 2.24) is 0 Å². The normalized spacial score (nSPS) is 27.2. The molecular formula is C15H18ClFO2. The van der Waals surface area contributed by atoms with Gasteiger partial charge < -0.3 is 5.11 Å².